The molecule has 0 unspecified atom stereocenters. The lowest BCUT2D eigenvalue weighted by Crippen LogP contribution is -2.54. The van der Waals surface area contributed by atoms with Crippen molar-refractivity contribution in [2.24, 2.45) is 39.9 Å². The molecule has 7 nitrogen and oxygen atoms in total. The van der Waals surface area contributed by atoms with Gasteiger partial charge >= 0.3 is 15.6 Å². The highest BCUT2D eigenvalue weighted by atomic mass is 31.3. The molecule has 3 fully saturated rings. The number of phosphoric acid groups is 2. The third-order valence-corrected chi connectivity index (χ3v) is 10.2. The summed E-state index contributed by atoms with van der Waals surface area (Å²) in [4.78, 5) is 31.0. The van der Waals surface area contributed by atoms with Crippen molar-refractivity contribution >= 4 is 15.6 Å². The van der Waals surface area contributed by atoms with Gasteiger partial charge in [0, 0.05) is 0 Å². The van der Waals surface area contributed by atoms with Crippen LogP contribution in [0.2, 0.25) is 0 Å². The minimum Gasteiger partial charge on any atom is -0.302 e. The maximum atomic E-state index is 9.63. The first-order valence-corrected chi connectivity index (χ1v) is 13.6. The summed E-state index contributed by atoms with van der Waals surface area (Å²) in [6.07, 6.45) is 15.7. The Morgan fingerprint density at radius 2 is 1.55 bits per heavy atom. The first kappa shape index (κ1) is 23.7. The van der Waals surface area contributed by atoms with E-state index in [-0.39, 0.29) is 0 Å². The number of rotatable bonds is 2. The zero-order valence-electron chi connectivity index (χ0n) is 17.8. The van der Waals surface area contributed by atoms with Gasteiger partial charge in [0.1, 0.15) is 0 Å². The fraction of sp³-hybridized carbons (Fsp3) is 0.900. The predicted molar refractivity (Wildman–Crippen MR) is 111 cm³/mol. The van der Waals surface area contributed by atoms with E-state index in [9.17, 15) is 9.13 Å². The van der Waals surface area contributed by atoms with Crippen LogP contribution in [0.4, 0.5) is 0 Å². The monoisotopic (exact) mass is 450 g/mol. The topological polar surface area (TPSA) is 124 Å². The molecular weight excluding hydrogens is 414 g/mol. The smallest absolute Gasteiger partial charge is 0.302 e. The summed E-state index contributed by atoms with van der Waals surface area (Å²) in [5.74, 6) is 3.96. The van der Waals surface area contributed by atoms with E-state index >= 15 is 0 Å². The quantitative estimate of drug-likeness (QED) is 0.344. The Balaban J connectivity index is 0.000000229. The Kier molecular flexibility index (Phi) is 6.16. The molecule has 3 saturated carbocycles. The second kappa shape index (κ2) is 7.55. The highest BCUT2D eigenvalue weighted by molar-refractivity contribution is 7.60. The summed E-state index contributed by atoms with van der Waals surface area (Å²) in [6, 6.07) is 0. The Morgan fingerprint density at radius 1 is 0.931 bits per heavy atom. The van der Waals surface area contributed by atoms with Crippen molar-refractivity contribution in [1.82, 2.24) is 0 Å². The van der Waals surface area contributed by atoms with Crippen molar-refractivity contribution < 1.29 is 33.0 Å². The first-order chi connectivity index (χ1) is 13.1. The van der Waals surface area contributed by atoms with E-state index in [1.54, 1.807) is 12.8 Å². The van der Waals surface area contributed by atoms with Crippen LogP contribution in [0, 0.1) is 39.9 Å². The standard InChI is InChI=1S/C20H32.H4O7P2/c1-14-12-20-11-8-16-18(2,3)9-5-10-19(16,4)17(20)7-6-15(14)13-20;1-8(2,3)7-9(4,5)6/h5,10,14-17H,6-9,11-13H2,1-4H3;(H2,1,2,3)(H2,4,5,6)/t14-,15+,16+,17-,19+,20+;/m1./s1. The molecule has 0 amide bonds. The second-order valence-electron chi connectivity index (χ2n) is 10.8. The summed E-state index contributed by atoms with van der Waals surface area (Å²) in [5, 5.41) is 0. The number of hydrogen-bond acceptors (Lipinski definition) is 3. The molecule has 0 heterocycles. The minimum atomic E-state index is -5.05. The van der Waals surface area contributed by atoms with Crippen LogP contribution in [0.15, 0.2) is 12.2 Å². The zero-order chi connectivity index (χ0) is 21.9. The van der Waals surface area contributed by atoms with E-state index in [1.165, 1.54) is 32.1 Å². The third-order valence-electron chi connectivity index (χ3n) is 8.48. The van der Waals surface area contributed by atoms with Gasteiger partial charge in [0.15, 0.2) is 0 Å². The molecule has 4 aliphatic rings. The molecule has 29 heavy (non-hydrogen) atoms. The molecule has 0 saturated heterocycles. The predicted octanol–water partition coefficient (Wildman–Crippen LogP) is 5.02. The van der Waals surface area contributed by atoms with Crippen molar-refractivity contribution in [3.63, 3.8) is 0 Å². The van der Waals surface area contributed by atoms with Crippen LogP contribution in [-0.2, 0) is 13.4 Å². The van der Waals surface area contributed by atoms with Gasteiger partial charge in [0.25, 0.3) is 0 Å². The van der Waals surface area contributed by atoms with Crippen molar-refractivity contribution in [1.29, 1.82) is 0 Å². The Morgan fingerprint density at radius 3 is 2.10 bits per heavy atom. The third kappa shape index (κ3) is 4.77. The summed E-state index contributed by atoms with van der Waals surface area (Å²) in [6.45, 7) is 10.2. The van der Waals surface area contributed by atoms with Gasteiger partial charge in [0.05, 0.1) is 0 Å². The molecule has 168 valence electrons. The molecule has 0 radical (unpaired) electrons. The van der Waals surface area contributed by atoms with Crippen molar-refractivity contribution in [2.75, 3.05) is 0 Å². The van der Waals surface area contributed by atoms with Crippen LogP contribution in [-0.4, -0.2) is 19.6 Å². The van der Waals surface area contributed by atoms with Crippen LogP contribution < -0.4 is 0 Å². The van der Waals surface area contributed by atoms with Gasteiger partial charge in [-0.15, -0.1) is 0 Å². The molecule has 4 rings (SSSR count). The first-order valence-electron chi connectivity index (χ1n) is 10.6. The SMILES string of the molecule is C[C@@H]1C[C@]23CC[C@H]4C(C)(C)CC=C[C@]4(C)[C@H]2CC[C@H]1C3.O=P(O)(O)OP(=O)(O)O. The van der Waals surface area contributed by atoms with Crippen molar-refractivity contribution in [3.05, 3.63) is 12.2 Å². The normalized spacial score (nSPS) is 43.0. The molecule has 0 aliphatic heterocycles. The van der Waals surface area contributed by atoms with Gasteiger partial charge in [0.2, 0.25) is 0 Å². The van der Waals surface area contributed by atoms with Crippen molar-refractivity contribution in [2.45, 2.75) is 72.6 Å². The lowest BCUT2D eigenvalue weighted by molar-refractivity contribution is -0.0980. The van der Waals surface area contributed by atoms with E-state index in [4.69, 9.17) is 19.6 Å². The number of fused-ring (bicyclic) bond motifs is 3. The molecule has 4 N–H and O–H groups in total. The van der Waals surface area contributed by atoms with Crippen LogP contribution in [0.25, 0.3) is 0 Å². The maximum Gasteiger partial charge on any atom is 0.478 e. The van der Waals surface area contributed by atoms with Gasteiger partial charge in [-0.1, -0.05) is 39.8 Å². The van der Waals surface area contributed by atoms with Gasteiger partial charge in [-0.25, -0.2) is 9.13 Å². The number of allylic oxidation sites excluding steroid dienone is 2. The number of hydrogen-bond donors (Lipinski definition) is 4. The summed E-state index contributed by atoms with van der Waals surface area (Å²) in [7, 11) is -10.1. The maximum absolute atomic E-state index is 9.63. The molecule has 2 bridgehead atoms. The van der Waals surface area contributed by atoms with Crippen molar-refractivity contribution in [3.8, 4) is 0 Å². The molecule has 9 heteroatoms. The van der Waals surface area contributed by atoms with Crippen LogP contribution in [0.3, 0.4) is 0 Å². The Hall–Kier alpha value is -0.0000000000000000971. The van der Waals surface area contributed by atoms with Gasteiger partial charge in [-0.05, 0) is 84.9 Å². The van der Waals surface area contributed by atoms with E-state index < -0.39 is 15.6 Å². The van der Waals surface area contributed by atoms with Crippen LogP contribution in [0.5, 0.6) is 0 Å². The Labute approximate surface area is 173 Å². The summed E-state index contributed by atoms with van der Waals surface area (Å²) in [5.41, 5.74) is 1.74. The molecule has 6 atom stereocenters. The van der Waals surface area contributed by atoms with E-state index in [2.05, 4.69) is 44.2 Å². The fourth-order valence-corrected chi connectivity index (χ4v) is 8.78. The molecule has 0 aromatic rings. The van der Waals surface area contributed by atoms with E-state index in [0.717, 1.165) is 29.1 Å². The van der Waals surface area contributed by atoms with E-state index in [0.29, 0.717) is 10.8 Å². The van der Waals surface area contributed by atoms with E-state index in [1.807, 2.05) is 0 Å². The molecular formula is C20H36O7P2. The van der Waals surface area contributed by atoms with Gasteiger partial charge in [-0.3, -0.25) is 0 Å². The largest absolute Gasteiger partial charge is 0.478 e. The second-order valence-corrected chi connectivity index (χ2v) is 13.4. The molecule has 0 aromatic heterocycles. The highest BCUT2D eigenvalue weighted by Gasteiger charge is 2.62. The average molecular weight is 450 g/mol. The lowest BCUT2D eigenvalue weighted by atomic mass is 9.43. The van der Waals surface area contributed by atoms with Crippen LogP contribution in [0.1, 0.15) is 72.6 Å². The highest BCUT2D eigenvalue weighted by Crippen LogP contribution is 2.71. The molecule has 4 aliphatic carbocycles. The minimum absolute atomic E-state index is 0.495. The summed E-state index contributed by atoms with van der Waals surface area (Å²) >= 11 is 0. The molecule has 1 spiro atoms. The van der Waals surface area contributed by atoms with Gasteiger partial charge in [-0.2, -0.15) is 4.31 Å². The Bertz CT molecular complexity index is 730. The fourth-order valence-electron chi connectivity index (χ4n) is 7.67. The summed E-state index contributed by atoms with van der Waals surface area (Å²) < 4.78 is 22.2. The zero-order valence-corrected chi connectivity index (χ0v) is 19.6. The van der Waals surface area contributed by atoms with Gasteiger partial charge < -0.3 is 19.6 Å². The lowest BCUT2D eigenvalue weighted by Gasteiger charge is -2.62. The molecule has 0 aromatic carbocycles. The average Bonchev–Trinajstić information content (AvgIpc) is 2.72. The van der Waals surface area contributed by atoms with Crippen LogP contribution >= 0.6 is 15.6 Å².